The van der Waals surface area contributed by atoms with Crippen LogP contribution in [0.15, 0.2) is 60.7 Å². The first-order chi connectivity index (χ1) is 18.5. The van der Waals surface area contributed by atoms with Crippen LogP contribution in [0, 0.1) is 17.0 Å². The predicted octanol–water partition coefficient (Wildman–Crippen LogP) is 9.32. The molecule has 0 heterocycles. The Morgan fingerprint density at radius 2 is 1.79 bits per heavy atom. The van der Waals surface area contributed by atoms with Gasteiger partial charge >= 0.3 is 5.97 Å². The Morgan fingerprint density at radius 1 is 1.03 bits per heavy atom. The summed E-state index contributed by atoms with van der Waals surface area (Å²) in [6.45, 7) is 6.00. The normalized spacial score (nSPS) is 15.3. The minimum atomic E-state index is -2.73. The molecule has 0 amide bonds. The van der Waals surface area contributed by atoms with Crippen molar-refractivity contribution in [1.82, 2.24) is 0 Å². The standard InChI is InChI=1S/C32H32F4O3/c1-4-20(17-29(37)38)22-7-5-9-28(30(22)34)39-18-19-10-12-23(24(15-19)26-8-6-14-32(26,2)3)25-16-21(31(35)36)11-13-27(25)33/h5,7-13,15-16,20,31H,4,6,14,17-18H2,1-3H3,(H,37,38)/t20-/m1/s1. The topological polar surface area (TPSA) is 46.5 Å². The van der Waals surface area contributed by atoms with Crippen LogP contribution < -0.4 is 4.74 Å². The Kier molecular flexibility index (Phi) is 8.48. The van der Waals surface area contributed by atoms with Crippen LogP contribution in [-0.2, 0) is 11.4 Å². The lowest BCUT2D eigenvalue weighted by molar-refractivity contribution is -0.137. The summed E-state index contributed by atoms with van der Waals surface area (Å²) in [7, 11) is 0. The summed E-state index contributed by atoms with van der Waals surface area (Å²) in [6.07, 6.45) is 1.39. The maximum absolute atomic E-state index is 15.3. The maximum Gasteiger partial charge on any atom is 0.303 e. The van der Waals surface area contributed by atoms with E-state index >= 15 is 4.39 Å². The van der Waals surface area contributed by atoms with E-state index in [1.807, 2.05) is 13.0 Å². The second kappa shape index (κ2) is 11.6. The van der Waals surface area contributed by atoms with Gasteiger partial charge in [0.25, 0.3) is 6.43 Å². The van der Waals surface area contributed by atoms with Crippen molar-refractivity contribution in [2.24, 2.45) is 5.41 Å². The molecule has 206 valence electrons. The summed E-state index contributed by atoms with van der Waals surface area (Å²) >= 11 is 0. The van der Waals surface area contributed by atoms with Crippen molar-refractivity contribution >= 4 is 11.5 Å². The Bertz CT molecular complexity index is 1390. The molecule has 1 aliphatic carbocycles. The van der Waals surface area contributed by atoms with Gasteiger partial charge in [-0.15, -0.1) is 0 Å². The Labute approximate surface area is 226 Å². The summed E-state index contributed by atoms with van der Waals surface area (Å²) in [5.41, 5.74) is 2.86. The van der Waals surface area contributed by atoms with E-state index in [2.05, 4.69) is 19.9 Å². The Morgan fingerprint density at radius 3 is 2.44 bits per heavy atom. The molecule has 3 aromatic rings. The van der Waals surface area contributed by atoms with Crippen LogP contribution in [-0.4, -0.2) is 11.1 Å². The third-order valence-corrected chi connectivity index (χ3v) is 7.49. The second-order valence-electron chi connectivity index (χ2n) is 10.6. The van der Waals surface area contributed by atoms with E-state index in [0.29, 0.717) is 23.1 Å². The summed E-state index contributed by atoms with van der Waals surface area (Å²) in [5.74, 6) is -2.65. The molecule has 1 aliphatic rings. The molecule has 0 radical (unpaired) electrons. The zero-order valence-corrected chi connectivity index (χ0v) is 22.2. The van der Waals surface area contributed by atoms with Crippen molar-refractivity contribution in [2.75, 3.05) is 0 Å². The van der Waals surface area contributed by atoms with Gasteiger partial charge in [-0.3, -0.25) is 4.79 Å². The first kappa shape index (κ1) is 28.4. The van der Waals surface area contributed by atoms with Crippen molar-refractivity contribution in [2.45, 2.75) is 65.4 Å². The van der Waals surface area contributed by atoms with Gasteiger partial charge in [0.2, 0.25) is 0 Å². The molecule has 0 saturated heterocycles. The molecule has 7 heteroatoms. The number of alkyl halides is 2. The maximum atomic E-state index is 15.3. The monoisotopic (exact) mass is 540 g/mol. The molecular weight excluding hydrogens is 508 g/mol. The zero-order chi connectivity index (χ0) is 28.3. The van der Waals surface area contributed by atoms with Gasteiger partial charge in [0, 0.05) is 11.1 Å². The molecule has 0 spiro atoms. The van der Waals surface area contributed by atoms with Gasteiger partial charge < -0.3 is 9.84 Å². The molecule has 0 bridgehead atoms. The highest BCUT2D eigenvalue weighted by Crippen LogP contribution is 2.47. The van der Waals surface area contributed by atoms with Crippen molar-refractivity contribution in [3.8, 4) is 16.9 Å². The van der Waals surface area contributed by atoms with Crippen LogP contribution in [0.1, 0.15) is 81.1 Å². The summed E-state index contributed by atoms with van der Waals surface area (Å²) < 4.78 is 62.9. The fourth-order valence-electron chi connectivity index (χ4n) is 5.29. The van der Waals surface area contributed by atoms with Gasteiger partial charge in [-0.1, -0.05) is 57.2 Å². The molecule has 0 aliphatic heterocycles. The molecule has 0 unspecified atom stereocenters. The SMILES string of the molecule is CC[C@H](CC(=O)O)c1cccc(OCc2ccc(-c3cc(C(F)F)ccc3F)c(C3=CCCC3(C)C)c2)c1F. The number of hydrogen-bond donors (Lipinski definition) is 1. The number of carboxylic acid groups (broad SMARTS) is 1. The lowest BCUT2D eigenvalue weighted by Crippen LogP contribution is -2.11. The third-order valence-electron chi connectivity index (χ3n) is 7.49. The Balaban J connectivity index is 1.70. The van der Waals surface area contributed by atoms with Gasteiger partial charge in [0.15, 0.2) is 11.6 Å². The van der Waals surface area contributed by atoms with E-state index in [0.717, 1.165) is 36.1 Å². The van der Waals surface area contributed by atoms with Gasteiger partial charge in [-0.25, -0.2) is 17.6 Å². The molecule has 39 heavy (non-hydrogen) atoms. The molecule has 1 atom stereocenters. The van der Waals surface area contributed by atoms with Crippen LogP contribution in [0.2, 0.25) is 0 Å². The number of carboxylic acids is 1. The lowest BCUT2D eigenvalue weighted by Gasteiger charge is -2.25. The van der Waals surface area contributed by atoms with Gasteiger partial charge in [-0.2, -0.15) is 0 Å². The number of rotatable bonds is 10. The Hall–Kier alpha value is -3.61. The lowest BCUT2D eigenvalue weighted by atomic mass is 9.79. The fourth-order valence-corrected chi connectivity index (χ4v) is 5.29. The first-order valence-electron chi connectivity index (χ1n) is 13.1. The molecular formula is C32H32F4O3. The number of hydrogen-bond acceptors (Lipinski definition) is 2. The van der Waals surface area contributed by atoms with E-state index in [1.165, 1.54) is 12.1 Å². The molecule has 3 aromatic carbocycles. The van der Waals surface area contributed by atoms with Crippen LogP contribution >= 0.6 is 0 Å². The smallest absolute Gasteiger partial charge is 0.303 e. The van der Waals surface area contributed by atoms with Crippen molar-refractivity contribution in [3.05, 3.63) is 94.6 Å². The molecule has 1 N–H and O–H groups in total. The minimum absolute atomic E-state index is 0.0106. The van der Waals surface area contributed by atoms with Crippen molar-refractivity contribution in [1.29, 1.82) is 0 Å². The third kappa shape index (κ3) is 6.18. The van der Waals surface area contributed by atoms with E-state index in [4.69, 9.17) is 4.74 Å². The molecule has 4 rings (SSSR count). The number of halogens is 4. The van der Waals surface area contributed by atoms with Crippen LogP contribution in [0.3, 0.4) is 0 Å². The molecule has 0 aromatic heterocycles. The average Bonchev–Trinajstić information content (AvgIpc) is 3.25. The fraction of sp³-hybridized carbons (Fsp3) is 0.344. The van der Waals surface area contributed by atoms with Crippen LogP contribution in [0.4, 0.5) is 17.6 Å². The van der Waals surface area contributed by atoms with E-state index < -0.39 is 29.9 Å². The quantitative estimate of drug-likeness (QED) is 0.261. The van der Waals surface area contributed by atoms with Gasteiger partial charge in [-0.05, 0) is 82.7 Å². The second-order valence-corrected chi connectivity index (χ2v) is 10.6. The highest BCUT2D eigenvalue weighted by atomic mass is 19.3. The van der Waals surface area contributed by atoms with E-state index in [9.17, 15) is 23.1 Å². The molecule has 0 fully saturated rings. The van der Waals surface area contributed by atoms with Gasteiger partial charge in [0.05, 0.1) is 6.42 Å². The largest absolute Gasteiger partial charge is 0.486 e. The minimum Gasteiger partial charge on any atom is -0.486 e. The molecule has 0 saturated carbocycles. The molecule has 3 nitrogen and oxygen atoms in total. The number of allylic oxidation sites excluding steroid dienone is 2. The average molecular weight is 541 g/mol. The summed E-state index contributed by atoms with van der Waals surface area (Å²) in [4.78, 5) is 11.2. The number of carbonyl (C=O) groups is 1. The highest BCUT2D eigenvalue weighted by molar-refractivity contribution is 5.85. The van der Waals surface area contributed by atoms with Crippen LogP contribution in [0.25, 0.3) is 16.7 Å². The summed E-state index contributed by atoms with van der Waals surface area (Å²) in [6, 6.07) is 13.3. The number of ether oxygens (including phenoxy) is 1. The first-order valence-corrected chi connectivity index (χ1v) is 13.1. The zero-order valence-electron chi connectivity index (χ0n) is 22.2. The van der Waals surface area contributed by atoms with Gasteiger partial charge in [0.1, 0.15) is 12.4 Å². The van der Waals surface area contributed by atoms with Crippen molar-refractivity contribution < 1.29 is 32.2 Å². The predicted molar refractivity (Wildman–Crippen MR) is 144 cm³/mol. The van der Waals surface area contributed by atoms with E-state index in [-0.39, 0.29) is 35.3 Å². The number of benzene rings is 3. The number of aliphatic carboxylic acids is 1. The highest BCUT2D eigenvalue weighted by Gasteiger charge is 2.30. The van der Waals surface area contributed by atoms with E-state index in [1.54, 1.807) is 24.3 Å². The van der Waals surface area contributed by atoms with Crippen molar-refractivity contribution in [3.63, 3.8) is 0 Å². The van der Waals surface area contributed by atoms with Crippen LogP contribution in [0.5, 0.6) is 5.75 Å². The summed E-state index contributed by atoms with van der Waals surface area (Å²) in [5, 5.41) is 9.19.